The normalized spacial score (nSPS) is 24.6. The molecule has 5 nitrogen and oxygen atoms in total. The van der Waals surface area contributed by atoms with E-state index in [-0.39, 0.29) is 30.1 Å². The first-order valence-corrected chi connectivity index (χ1v) is 10.5. The number of hydrogen-bond acceptors (Lipinski definition) is 4. The van der Waals surface area contributed by atoms with Crippen molar-refractivity contribution in [1.29, 1.82) is 0 Å². The van der Waals surface area contributed by atoms with Crippen LogP contribution in [0.5, 0.6) is 0 Å². The smallest absolute Gasteiger partial charge is 0.194 e. The van der Waals surface area contributed by atoms with Gasteiger partial charge in [0.15, 0.2) is 5.96 Å². The first kappa shape index (κ1) is 22.2. The van der Waals surface area contributed by atoms with Gasteiger partial charge in [-0.25, -0.2) is 0 Å². The minimum atomic E-state index is -0.166. The molecule has 1 aliphatic carbocycles. The highest BCUT2D eigenvalue weighted by Gasteiger charge is 2.26. The highest BCUT2D eigenvalue weighted by molar-refractivity contribution is 14.0. The maximum absolute atomic E-state index is 10.0. The molecule has 8 heteroatoms. The molecule has 1 saturated carbocycles. The lowest BCUT2D eigenvalue weighted by Gasteiger charge is -2.36. The van der Waals surface area contributed by atoms with Crippen molar-refractivity contribution in [3.8, 4) is 0 Å². The molecule has 3 rings (SSSR count). The Morgan fingerprint density at radius 3 is 2.65 bits per heavy atom. The summed E-state index contributed by atoms with van der Waals surface area (Å²) in [5, 5.41) is 13.4. The molecule has 2 heterocycles. The van der Waals surface area contributed by atoms with Crippen LogP contribution in [0.1, 0.15) is 31.1 Å². The van der Waals surface area contributed by atoms with Crippen molar-refractivity contribution < 1.29 is 5.11 Å². The third-order valence-electron chi connectivity index (χ3n) is 5.11. The molecule has 2 unspecified atom stereocenters. The Balaban J connectivity index is 0.00000243. The van der Waals surface area contributed by atoms with Crippen LogP contribution in [0.25, 0.3) is 0 Å². The van der Waals surface area contributed by atoms with Crippen LogP contribution >= 0.6 is 46.9 Å². The van der Waals surface area contributed by atoms with Gasteiger partial charge in [0.25, 0.3) is 0 Å². The maximum atomic E-state index is 10.0. The van der Waals surface area contributed by atoms with Gasteiger partial charge < -0.3 is 15.3 Å². The summed E-state index contributed by atoms with van der Waals surface area (Å²) in [6.45, 7) is 8.73. The number of thiophene rings is 1. The van der Waals surface area contributed by atoms with Crippen molar-refractivity contribution >= 4 is 52.9 Å². The van der Waals surface area contributed by atoms with Gasteiger partial charge in [-0.1, -0.05) is 18.0 Å². The zero-order chi connectivity index (χ0) is 17.6. The van der Waals surface area contributed by atoms with Gasteiger partial charge in [0.1, 0.15) is 0 Å². The molecule has 0 amide bonds. The molecule has 2 N–H and O–H groups in total. The number of aliphatic hydroxyl groups excluding tert-OH is 1. The third kappa shape index (κ3) is 6.22. The molecule has 0 radical (unpaired) electrons. The second-order valence-electron chi connectivity index (χ2n) is 6.92. The quantitative estimate of drug-likeness (QED) is 0.361. The molecular formula is C18H30ClIN4OS. The molecule has 2 aliphatic rings. The summed E-state index contributed by atoms with van der Waals surface area (Å²) in [7, 11) is 0. The van der Waals surface area contributed by atoms with E-state index in [0.717, 1.165) is 75.4 Å². The molecule has 1 aromatic heterocycles. The molecule has 148 valence electrons. The van der Waals surface area contributed by atoms with Crippen LogP contribution in [-0.4, -0.2) is 66.2 Å². The van der Waals surface area contributed by atoms with E-state index < -0.39 is 0 Å². The lowest BCUT2D eigenvalue weighted by Crippen LogP contribution is -2.52. The van der Waals surface area contributed by atoms with Crippen LogP contribution in [0.4, 0.5) is 0 Å². The second kappa shape index (κ2) is 11.0. The fraction of sp³-hybridized carbons (Fsp3) is 0.722. The highest BCUT2D eigenvalue weighted by Crippen LogP contribution is 2.26. The molecule has 26 heavy (non-hydrogen) atoms. The summed E-state index contributed by atoms with van der Waals surface area (Å²) < 4.78 is 0.865. The van der Waals surface area contributed by atoms with Crippen LogP contribution in [0.2, 0.25) is 4.34 Å². The largest absolute Gasteiger partial charge is 0.393 e. The summed E-state index contributed by atoms with van der Waals surface area (Å²) >= 11 is 7.70. The van der Waals surface area contributed by atoms with E-state index >= 15 is 0 Å². The maximum Gasteiger partial charge on any atom is 0.194 e. The molecule has 0 aromatic carbocycles. The summed E-state index contributed by atoms with van der Waals surface area (Å²) in [5.74, 6) is 1.33. The molecule has 0 bridgehead atoms. The molecular weight excluding hydrogens is 483 g/mol. The molecule has 2 fully saturated rings. The van der Waals surface area contributed by atoms with E-state index in [9.17, 15) is 5.11 Å². The van der Waals surface area contributed by atoms with Gasteiger partial charge >= 0.3 is 0 Å². The van der Waals surface area contributed by atoms with Gasteiger partial charge in [0.2, 0.25) is 0 Å². The van der Waals surface area contributed by atoms with Crippen molar-refractivity contribution in [3.63, 3.8) is 0 Å². The van der Waals surface area contributed by atoms with E-state index in [4.69, 9.17) is 16.6 Å². The Morgan fingerprint density at radius 1 is 1.31 bits per heavy atom. The van der Waals surface area contributed by atoms with E-state index in [1.165, 1.54) is 4.88 Å². The number of piperazine rings is 1. The number of guanidine groups is 1. The molecule has 1 aromatic rings. The van der Waals surface area contributed by atoms with Gasteiger partial charge in [-0.05, 0) is 31.9 Å². The SMILES string of the molecule is CCNC(=NCC1CCCC1O)N1CCN(Cc2ccc(Cl)s2)CC1.I. The van der Waals surface area contributed by atoms with Crippen molar-refractivity contribution in [1.82, 2.24) is 15.1 Å². The summed E-state index contributed by atoms with van der Waals surface area (Å²) in [6.07, 6.45) is 2.99. The zero-order valence-electron chi connectivity index (χ0n) is 15.4. The highest BCUT2D eigenvalue weighted by atomic mass is 127. The topological polar surface area (TPSA) is 51.1 Å². The lowest BCUT2D eigenvalue weighted by molar-refractivity contribution is 0.136. The van der Waals surface area contributed by atoms with Crippen LogP contribution in [0.15, 0.2) is 17.1 Å². The second-order valence-corrected chi connectivity index (χ2v) is 8.72. The molecule has 1 aliphatic heterocycles. The summed E-state index contributed by atoms with van der Waals surface area (Å²) in [6, 6.07) is 4.10. The van der Waals surface area contributed by atoms with Crippen LogP contribution in [0, 0.1) is 5.92 Å². The van der Waals surface area contributed by atoms with Crippen molar-refractivity contribution in [2.75, 3.05) is 39.3 Å². The summed E-state index contributed by atoms with van der Waals surface area (Å²) in [5.41, 5.74) is 0. The number of hydrogen-bond donors (Lipinski definition) is 2. The number of nitrogens with one attached hydrogen (secondary N) is 1. The first-order valence-electron chi connectivity index (χ1n) is 9.33. The summed E-state index contributed by atoms with van der Waals surface area (Å²) in [4.78, 5) is 11.0. The fourth-order valence-corrected chi connectivity index (χ4v) is 4.76. The van der Waals surface area contributed by atoms with Gasteiger partial charge in [0.05, 0.1) is 10.4 Å². The zero-order valence-corrected chi connectivity index (χ0v) is 19.3. The predicted octanol–water partition coefficient (Wildman–Crippen LogP) is 3.26. The van der Waals surface area contributed by atoms with E-state index in [2.05, 4.69) is 28.1 Å². The Morgan fingerprint density at radius 2 is 2.08 bits per heavy atom. The molecule has 0 spiro atoms. The standard InChI is InChI=1S/C18H29ClN4OS.HI/c1-2-20-18(21-12-14-4-3-5-16(14)24)23-10-8-22(9-11-23)13-15-6-7-17(19)25-15;/h6-7,14,16,24H,2-5,8-13H2,1H3,(H,20,21);1H. The average molecular weight is 513 g/mol. The number of rotatable bonds is 5. The number of aliphatic hydroxyl groups is 1. The van der Waals surface area contributed by atoms with Gasteiger partial charge in [-0.2, -0.15) is 0 Å². The Labute approximate surface area is 182 Å². The average Bonchev–Trinajstić information content (AvgIpc) is 3.20. The van der Waals surface area contributed by atoms with Gasteiger partial charge in [-0.3, -0.25) is 9.89 Å². The van der Waals surface area contributed by atoms with E-state index in [1.54, 1.807) is 11.3 Å². The Bertz CT molecular complexity index is 577. The Hall–Kier alpha value is -0.0900. The van der Waals surface area contributed by atoms with E-state index in [1.807, 2.05) is 6.07 Å². The minimum absolute atomic E-state index is 0. The first-order chi connectivity index (χ1) is 12.2. The van der Waals surface area contributed by atoms with E-state index in [0.29, 0.717) is 5.92 Å². The lowest BCUT2D eigenvalue weighted by atomic mass is 10.1. The number of aliphatic imine (C=N–C) groups is 1. The monoisotopic (exact) mass is 512 g/mol. The minimum Gasteiger partial charge on any atom is -0.393 e. The van der Waals surface area contributed by atoms with Crippen LogP contribution < -0.4 is 5.32 Å². The van der Waals surface area contributed by atoms with Crippen molar-refractivity contribution in [2.45, 2.75) is 38.8 Å². The fourth-order valence-electron chi connectivity index (χ4n) is 3.63. The number of nitrogens with zero attached hydrogens (tertiary/aromatic N) is 3. The van der Waals surface area contributed by atoms with Crippen LogP contribution in [-0.2, 0) is 6.54 Å². The van der Waals surface area contributed by atoms with Crippen molar-refractivity contribution in [3.05, 3.63) is 21.3 Å². The number of halogens is 2. The third-order valence-corrected chi connectivity index (χ3v) is 6.33. The van der Waals surface area contributed by atoms with Crippen molar-refractivity contribution in [2.24, 2.45) is 10.9 Å². The Kier molecular flexibility index (Phi) is 9.43. The molecule has 1 saturated heterocycles. The predicted molar refractivity (Wildman–Crippen MR) is 121 cm³/mol. The van der Waals surface area contributed by atoms with Gasteiger partial charge in [0, 0.05) is 56.6 Å². The van der Waals surface area contributed by atoms with Gasteiger partial charge in [-0.15, -0.1) is 35.3 Å². The molecule has 2 atom stereocenters. The van der Waals surface area contributed by atoms with Crippen LogP contribution in [0.3, 0.4) is 0 Å².